The fraction of sp³-hybridized carbons (Fsp3) is 0.643. The van der Waals surface area contributed by atoms with E-state index in [9.17, 15) is 0 Å². The minimum Gasteiger partial charge on any atom is -0.476 e. The average Bonchev–Trinajstić information content (AvgIpc) is 2.37. The summed E-state index contributed by atoms with van der Waals surface area (Å²) in [6.45, 7) is 9.33. The molecule has 1 aliphatic rings. The molecule has 106 valence electrons. The summed E-state index contributed by atoms with van der Waals surface area (Å²) in [4.78, 5) is 6.73. The van der Waals surface area contributed by atoms with E-state index in [-0.39, 0.29) is 6.10 Å². The zero-order valence-corrected chi connectivity index (χ0v) is 11.9. The van der Waals surface area contributed by atoms with Gasteiger partial charge in [-0.25, -0.2) is 0 Å². The lowest BCUT2D eigenvalue weighted by molar-refractivity contribution is 0.0529. The fourth-order valence-corrected chi connectivity index (χ4v) is 2.01. The van der Waals surface area contributed by atoms with Crippen LogP contribution < -0.4 is 15.4 Å². The lowest BCUT2D eigenvalue weighted by Crippen LogP contribution is -2.41. The highest BCUT2D eigenvalue weighted by Gasteiger charge is 2.19. The van der Waals surface area contributed by atoms with Gasteiger partial charge in [0, 0.05) is 13.1 Å². The summed E-state index contributed by atoms with van der Waals surface area (Å²) in [6.07, 6.45) is 0.230. The van der Waals surface area contributed by atoms with Gasteiger partial charge in [0.05, 0.1) is 25.0 Å². The van der Waals surface area contributed by atoms with E-state index < -0.39 is 0 Å². The Balaban J connectivity index is 2.10. The summed E-state index contributed by atoms with van der Waals surface area (Å²) >= 11 is 0. The van der Waals surface area contributed by atoms with Crippen LogP contribution in [0.4, 0.5) is 11.5 Å². The van der Waals surface area contributed by atoms with Crippen LogP contribution >= 0.6 is 0 Å². The molecule has 5 nitrogen and oxygen atoms in total. The number of hydrogen-bond acceptors (Lipinski definition) is 5. The van der Waals surface area contributed by atoms with Crippen LogP contribution in [0.2, 0.25) is 0 Å². The monoisotopic (exact) mass is 265 g/mol. The number of nitrogen functional groups attached to an aromatic ring is 1. The fourth-order valence-electron chi connectivity index (χ4n) is 2.01. The molecule has 1 aliphatic heterocycles. The number of rotatable bonds is 4. The zero-order valence-electron chi connectivity index (χ0n) is 11.9. The average molecular weight is 265 g/mol. The van der Waals surface area contributed by atoms with Crippen molar-refractivity contribution >= 4 is 11.5 Å². The molecule has 2 N–H and O–H groups in total. The Hall–Kier alpha value is -1.49. The van der Waals surface area contributed by atoms with Crippen molar-refractivity contribution in [3.05, 3.63) is 12.1 Å². The second kappa shape index (κ2) is 6.10. The number of ether oxygens (including phenoxy) is 2. The number of pyridine rings is 1. The van der Waals surface area contributed by atoms with E-state index in [1.54, 1.807) is 0 Å². The predicted octanol–water partition coefficient (Wildman–Crippen LogP) is 1.92. The second-order valence-electron chi connectivity index (χ2n) is 5.40. The molecule has 0 radical (unpaired) electrons. The molecule has 0 spiro atoms. The number of nitrogens with two attached hydrogens (primary N) is 1. The lowest BCUT2D eigenvalue weighted by Gasteiger charge is -2.32. The molecule has 0 saturated carbocycles. The van der Waals surface area contributed by atoms with Crippen LogP contribution in [0.15, 0.2) is 12.1 Å². The molecule has 1 saturated heterocycles. The van der Waals surface area contributed by atoms with Crippen LogP contribution in [0.3, 0.4) is 0 Å². The van der Waals surface area contributed by atoms with Crippen molar-refractivity contribution in [3.63, 3.8) is 0 Å². The molecule has 2 rings (SSSR count). The van der Waals surface area contributed by atoms with Crippen molar-refractivity contribution in [1.82, 2.24) is 4.98 Å². The van der Waals surface area contributed by atoms with Crippen molar-refractivity contribution in [2.75, 3.05) is 36.9 Å². The van der Waals surface area contributed by atoms with Crippen LogP contribution in [0.25, 0.3) is 0 Å². The van der Waals surface area contributed by atoms with Crippen molar-refractivity contribution in [1.29, 1.82) is 0 Å². The van der Waals surface area contributed by atoms with E-state index in [0.717, 1.165) is 25.5 Å². The van der Waals surface area contributed by atoms with Crippen molar-refractivity contribution < 1.29 is 9.47 Å². The Morgan fingerprint density at radius 2 is 2.32 bits per heavy atom. The summed E-state index contributed by atoms with van der Waals surface area (Å²) < 4.78 is 11.2. The van der Waals surface area contributed by atoms with Crippen LogP contribution in [0.1, 0.15) is 20.8 Å². The van der Waals surface area contributed by atoms with Gasteiger partial charge in [0.15, 0.2) is 0 Å². The van der Waals surface area contributed by atoms with Crippen LogP contribution in [-0.2, 0) is 4.74 Å². The van der Waals surface area contributed by atoms with E-state index in [1.807, 2.05) is 12.1 Å². The first-order valence-corrected chi connectivity index (χ1v) is 6.82. The molecule has 1 aromatic heterocycles. The van der Waals surface area contributed by atoms with Gasteiger partial charge in [-0.15, -0.1) is 0 Å². The first kappa shape index (κ1) is 13.9. The Morgan fingerprint density at radius 1 is 1.53 bits per heavy atom. The maximum atomic E-state index is 5.90. The maximum absolute atomic E-state index is 5.90. The van der Waals surface area contributed by atoms with Crippen molar-refractivity contribution in [2.24, 2.45) is 5.92 Å². The van der Waals surface area contributed by atoms with Gasteiger partial charge >= 0.3 is 0 Å². The van der Waals surface area contributed by atoms with Gasteiger partial charge in [0.1, 0.15) is 5.82 Å². The van der Waals surface area contributed by atoms with Gasteiger partial charge < -0.3 is 20.1 Å². The Morgan fingerprint density at radius 3 is 3.00 bits per heavy atom. The molecule has 0 amide bonds. The minimum absolute atomic E-state index is 0.230. The van der Waals surface area contributed by atoms with Crippen LogP contribution in [0, 0.1) is 5.92 Å². The summed E-state index contributed by atoms with van der Waals surface area (Å²) in [5.41, 5.74) is 6.49. The van der Waals surface area contributed by atoms with Gasteiger partial charge in [-0.1, -0.05) is 13.8 Å². The normalized spacial score (nSPS) is 19.8. The molecular weight excluding hydrogens is 242 g/mol. The molecule has 2 heterocycles. The first-order valence-electron chi connectivity index (χ1n) is 6.82. The third-order valence-corrected chi connectivity index (χ3v) is 2.99. The molecule has 1 aromatic rings. The number of aromatic nitrogens is 1. The smallest absolute Gasteiger partial charge is 0.239 e. The molecule has 0 aromatic carbocycles. The SMILES string of the molecule is CC(C)COc1nc(N2CCOC(C)C2)ccc1N. The maximum Gasteiger partial charge on any atom is 0.239 e. The molecule has 1 unspecified atom stereocenters. The largest absolute Gasteiger partial charge is 0.476 e. The van der Waals surface area contributed by atoms with Crippen LogP contribution in [-0.4, -0.2) is 37.4 Å². The molecule has 19 heavy (non-hydrogen) atoms. The summed E-state index contributed by atoms with van der Waals surface area (Å²) in [7, 11) is 0. The Labute approximate surface area is 114 Å². The number of anilines is 2. The van der Waals surface area contributed by atoms with E-state index in [4.69, 9.17) is 15.2 Å². The van der Waals surface area contributed by atoms with Gasteiger partial charge in [-0.05, 0) is 25.0 Å². The molecule has 1 atom stereocenters. The van der Waals surface area contributed by atoms with Crippen molar-refractivity contribution in [3.8, 4) is 5.88 Å². The third kappa shape index (κ3) is 3.73. The molecule has 0 aliphatic carbocycles. The molecule has 1 fully saturated rings. The summed E-state index contributed by atoms with van der Waals surface area (Å²) in [6, 6.07) is 3.80. The van der Waals surface area contributed by atoms with E-state index in [2.05, 4.69) is 30.7 Å². The van der Waals surface area contributed by atoms with Gasteiger partial charge in [-0.2, -0.15) is 4.98 Å². The molecule has 0 bridgehead atoms. The Kier molecular flexibility index (Phi) is 4.47. The predicted molar refractivity (Wildman–Crippen MR) is 76.6 cm³/mol. The van der Waals surface area contributed by atoms with E-state index in [1.165, 1.54) is 0 Å². The van der Waals surface area contributed by atoms with E-state index in [0.29, 0.717) is 24.1 Å². The number of nitrogens with zero attached hydrogens (tertiary/aromatic N) is 2. The number of hydrogen-bond donors (Lipinski definition) is 1. The topological polar surface area (TPSA) is 60.6 Å². The van der Waals surface area contributed by atoms with Gasteiger partial charge in [0.2, 0.25) is 5.88 Å². The molecule has 5 heteroatoms. The third-order valence-electron chi connectivity index (χ3n) is 2.99. The summed E-state index contributed by atoms with van der Waals surface area (Å²) in [5, 5.41) is 0. The number of morpholine rings is 1. The lowest BCUT2D eigenvalue weighted by atomic mass is 10.2. The standard InChI is InChI=1S/C14H23N3O2/c1-10(2)9-19-14-12(15)4-5-13(16-14)17-6-7-18-11(3)8-17/h4-5,10-11H,6-9,15H2,1-3H3. The second-order valence-corrected chi connectivity index (χ2v) is 5.40. The highest BCUT2D eigenvalue weighted by Crippen LogP contribution is 2.24. The van der Waals surface area contributed by atoms with Gasteiger partial charge in [-0.3, -0.25) is 0 Å². The quantitative estimate of drug-likeness (QED) is 0.901. The minimum atomic E-state index is 0.230. The molecular formula is C14H23N3O2. The zero-order chi connectivity index (χ0) is 13.8. The highest BCUT2D eigenvalue weighted by molar-refractivity contribution is 5.54. The summed E-state index contributed by atoms with van der Waals surface area (Å²) in [5.74, 6) is 1.89. The van der Waals surface area contributed by atoms with E-state index >= 15 is 0 Å². The van der Waals surface area contributed by atoms with Crippen LogP contribution in [0.5, 0.6) is 5.88 Å². The van der Waals surface area contributed by atoms with Gasteiger partial charge in [0.25, 0.3) is 0 Å². The highest BCUT2D eigenvalue weighted by atomic mass is 16.5. The first-order chi connectivity index (χ1) is 9.06. The Bertz CT molecular complexity index is 423. The van der Waals surface area contributed by atoms with Crippen molar-refractivity contribution in [2.45, 2.75) is 26.9 Å².